The molecule has 2 aromatic rings. The van der Waals surface area contributed by atoms with Gasteiger partial charge in [-0.2, -0.15) is 0 Å². The summed E-state index contributed by atoms with van der Waals surface area (Å²) in [5.41, 5.74) is 2.43. The summed E-state index contributed by atoms with van der Waals surface area (Å²) in [6, 6.07) is 6.24. The van der Waals surface area contributed by atoms with Gasteiger partial charge in [-0.1, -0.05) is 6.07 Å². The molecule has 24 heavy (non-hydrogen) atoms. The van der Waals surface area contributed by atoms with Crippen LogP contribution in [0, 0.1) is 20.8 Å². The Balaban J connectivity index is 1.66. The molecule has 1 aromatic heterocycles. The highest BCUT2D eigenvalue weighted by Gasteiger charge is 2.01. The number of aryl methyl sites for hydroxylation is 3. The lowest BCUT2D eigenvalue weighted by Gasteiger charge is -2.12. The van der Waals surface area contributed by atoms with E-state index < -0.39 is 0 Å². The maximum atomic E-state index is 5.79. The van der Waals surface area contributed by atoms with E-state index in [-0.39, 0.29) is 0 Å². The molecule has 0 bridgehead atoms. The van der Waals surface area contributed by atoms with Gasteiger partial charge in [0.1, 0.15) is 12.4 Å². The molecule has 0 spiro atoms. The Hall–Kier alpha value is -2.08. The number of benzene rings is 1. The molecule has 0 amide bonds. The number of thiazole rings is 1. The number of guanidine groups is 1. The van der Waals surface area contributed by atoms with Crippen LogP contribution in [0.15, 0.2) is 29.4 Å². The highest BCUT2D eigenvalue weighted by atomic mass is 32.1. The fourth-order valence-electron chi connectivity index (χ4n) is 2.38. The van der Waals surface area contributed by atoms with E-state index >= 15 is 0 Å². The average Bonchev–Trinajstić information content (AvgIpc) is 2.94. The van der Waals surface area contributed by atoms with Crippen LogP contribution in [0.1, 0.15) is 21.0 Å². The van der Waals surface area contributed by atoms with Gasteiger partial charge >= 0.3 is 0 Å². The molecule has 1 aromatic carbocycles. The van der Waals surface area contributed by atoms with Crippen LogP contribution < -0.4 is 15.4 Å². The van der Waals surface area contributed by atoms with Crippen molar-refractivity contribution in [2.75, 3.05) is 26.7 Å². The number of nitrogens with one attached hydrogen (secondary N) is 2. The van der Waals surface area contributed by atoms with Gasteiger partial charge < -0.3 is 15.4 Å². The molecule has 0 atom stereocenters. The quantitative estimate of drug-likeness (QED) is 0.460. The van der Waals surface area contributed by atoms with Crippen molar-refractivity contribution in [1.29, 1.82) is 0 Å². The highest BCUT2D eigenvalue weighted by molar-refractivity contribution is 7.11. The molecule has 130 valence electrons. The second-order valence-electron chi connectivity index (χ2n) is 5.71. The van der Waals surface area contributed by atoms with E-state index in [2.05, 4.69) is 59.6 Å². The van der Waals surface area contributed by atoms with Crippen molar-refractivity contribution < 1.29 is 4.74 Å². The van der Waals surface area contributed by atoms with Crippen molar-refractivity contribution in [1.82, 2.24) is 15.6 Å². The van der Waals surface area contributed by atoms with Crippen LogP contribution in [0.3, 0.4) is 0 Å². The largest absolute Gasteiger partial charge is 0.492 e. The van der Waals surface area contributed by atoms with Gasteiger partial charge in [-0.3, -0.25) is 4.99 Å². The first kappa shape index (κ1) is 18.3. The summed E-state index contributed by atoms with van der Waals surface area (Å²) in [4.78, 5) is 9.83. The molecule has 0 fully saturated rings. The third kappa shape index (κ3) is 6.20. The number of nitrogens with zero attached hydrogens (tertiary/aromatic N) is 2. The Morgan fingerprint density at radius 1 is 1.12 bits per heavy atom. The fraction of sp³-hybridized carbons (Fsp3) is 0.444. The van der Waals surface area contributed by atoms with Crippen LogP contribution in [-0.4, -0.2) is 37.7 Å². The average molecular weight is 347 g/mol. The number of hydrogen-bond acceptors (Lipinski definition) is 4. The van der Waals surface area contributed by atoms with Crippen LogP contribution in [0.25, 0.3) is 0 Å². The monoisotopic (exact) mass is 346 g/mol. The first-order chi connectivity index (χ1) is 11.6. The van der Waals surface area contributed by atoms with E-state index in [1.807, 2.05) is 6.20 Å². The molecule has 2 rings (SSSR count). The lowest BCUT2D eigenvalue weighted by molar-refractivity contribution is 0.321. The van der Waals surface area contributed by atoms with Crippen LogP contribution >= 0.6 is 11.3 Å². The van der Waals surface area contributed by atoms with Crippen molar-refractivity contribution in [3.05, 3.63) is 45.4 Å². The predicted octanol–water partition coefficient (Wildman–Crippen LogP) is 2.85. The SMILES string of the molecule is CN=C(NCCOc1cc(C)cc(C)c1)NCCc1ncc(C)s1. The number of aliphatic imine (C=N–C) groups is 1. The van der Waals surface area contributed by atoms with Crippen LogP contribution in [0.2, 0.25) is 0 Å². The van der Waals surface area contributed by atoms with Gasteiger partial charge in [0.25, 0.3) is 0 Å². The topological polar surface area (TPSA) is 58.5 Å². The summed E-state index contributed by atoms with van der Waals surface area (Å²) < 4.78 is 5.79. The van der Waals surface area contributed by atoms with Crippen LogP contribution in [0.4, 0.5) is 0 Å². The number of ether oxygens (including phenoxy) is 1. The Bertz CT molecular complexity index is 661. The standard InChI is InChI=1S/C18H26N4OS/c1-13-9-14(2)11-16(10-13)23-8-7-21-18(19-4)20-6-5-17-22-12-15(3)24-17/h9-12H,5-8H2,1-4H3,(H2,19,20,21). The van der Waals surface area contributed by atoms with Gasteiger partial charge in [0.05, 0.1) is 11.6 Å². The molecule has 0 aliphatic rings. The van der Waals surface area contributed by atoms with Crippen molar-refractivity contribution in [3.63, 3.8) is 0 Å². The van der Waals surface area contributed by atoms with E-state index in [9.17, 15) is 0 Å². The fourth-order valence-corrected chi connectivity index (χ4v) is 3.17. The molecule has 0 saturated heterocycles. The lowest BCUT2D eigenvalue weighted by Crippen LogP contribution is -2.40. The van der Waals surface area contributed by atoms with Crippen LogP contribution in [-0.2, 0) is 6.42 Å². The van der Waals surface area contributed by atoms with E-state index in [0.717, 1.165) is 29.7 Å². The Kier molecular flexibility index (Phi) is 7.06. The number of aromatic nitrogens is 1. The first-order valence-electron chi connectivity index (χ1n) is 8.14. The second kappa shape index (κ2) is 9.27. The van der Waals surface area contributed by atoms with Crippen LogP contribution in [0.5, 0.6) is 5.75 Å². The summed E-state index contributed by atoms with van der Waals surface area (Å²) in [7, 11) is 1.77. The zero-order valence-corrected chi connectivity index (χ0v) is 15.7. The third-order valence-electron chi connectivity index (χ3n) is 3.38. The maximum Gasteiger partial charge on any atom is 0.191 e. The summed E-state index contributed by atoms with van der Waals surface area (Å²) in [5, 5.41) is 7.70. The van der Waals surface area contributed by atoms with E-state index in [4.69, 9.17) is 4.74 Å². The minimum atomic E-state index is 0.593. The van der Waals surface area contributed by atoms with Gasteiger partial charge in [-0.05, 0) is 44.0 Å². The molecule has 2 N–H and O–H groups in total. The second-order valence-corrected chi connectivity index (χ2v) is 7.03. The highest BCUT2D eigenvalue weighted by Crippen LogP contribution is 2.15. The molecular formula is C18H26N4OS. The summed E-state index contributed by atoms with van der Waals surface area (Å²) in [6.07, 6.45) is 2.82. The molecule has 5 nitrogen and oxygen atoms in total. The van der Waals surface area contributed by atoms with E-state index in [1.165, 1.54) is 16.0 Å². The van der Waals surface area contributed by atoms with E-state index in [0.29, 0.717) is 13.2 Å². The van der Waals surface area contributed by atoms with Gasteiger partial charge in [0.2, 0.25) is 0 Å². The molecular weight excluding hydrogens is 320 g/mol. The van der Waals surface area contributed by atoms with Crippen molar-refractivity contribution >= 4 is 17.3 Å². The summed E-state index contributed by atoms with van der Waals surface area (Å²) in [5.74, 6) is 1.70. The molecule has 6 heteroatoms. The van der Waals surface area contributed by atoms with Gasteiger partial charge in [-0.25, -0.2) is 4.98 Å². The minimum Gasteiger partial charge on any atom is -0.492 e. The van der Waals surface area contributed by atoms with Gasteiger partial charge in [0, 0.05) is 31.1 Å². The van der Waals surface area contributed by atoms with Crippen molar-refractivity contribution in [2.24, 2.45) is 4.99 Å². The Labute approximate surface area is 148 Å². The van der Waals surface area contributed by atoms with E-state index in [1.54, 1.807) is 18.4 Å². The van der Waals surface area contributed by atoms with Gasteiger partial charge in [-0.15, -0.1) is 11.3 Å². The molecule has 0 aliphatic carbocycles. The molecule has 0 unspecified atom stereocenters. The molecule has 0 radical (unpaired) electrons. The van der Waals surface area contributed by atoms with Crippen molar-refractivity contribution in [3.8, 4) is 5.75 Å². The maximum absolute atomic E-state index is 5.79. The van der Waals surface area contributed by atoms with Crippen molar-refractivity contribution in [2.45, 2.75) is 27.2 Å². The molecule has 0 aliphatic heterocycles. The number of rotatable bonds is 7. The third-order valence-corrected chi connectivity index (χ3v) is 4.36. The predicted molar refractivity (Wildman–Crippen MR) is 101 cm³/mol. The zero-order valence-electron chi connectivity index (χ0n) is 14.8. The molecule has 1 heterocycles. The zero-order chi connectivity index (χ0) is 17.4. The molecule has 0 saturated carbocycles. The summed E-state index contributed by atoms with van der Waals surface area (Å²) >= 11 is 1.74. The first-order valence-corrected chi connectivity index (χ1v) is 8.95. The normalized spacial score (nSPS) is 11.4. The Morgan fingerprint density at radius 2 is 1.83 bits per heavy atom. The van der Waals surface area contributed by atoms with Gasteiger partial charge in [0.15, 0.2) is 5.96 Å². The minimum absolute atomic E-state index is 0.593. The smallest absolute Gasteiger partial charge is 0.191 e. The summed E-state index contributed by atoms with van der Waals surface area (Å²) in [6.45, 7) is 8.33. The Morgan fingerprint density at radius 3 is 2.46 bits per heavy atom. The number of hydrogen-bond donors (Lipinski definition) is 2. The lowest BCUT2D eigenvalue weighted by atomic mass is 10.1.